The molecule has 3 aromatic carbocycles. The van der Waals surface area contributed by atoms with E-state index in [1.165, 1.54) is 0 Å². The van der Waals surface area contributed by atoms with Gasteiger partial charge in [-0.3, -0.25) is 4.79 Å². The first-order valence-corrected chi connectivity index (χ1v) is 10.2. The summed E-state index contributed by atoms with van der Waals surface area (Å²) in [5.74, 6) is 1.24. The molecule has 4 rings (SSSR count). The molecule has 1 aliphatic carbocycles. The maximum Gasteiger partial charge on any atom is 0.307 e. The summed E-state index contributed by atoms with van der Waals surface area (Å²) in [5.41, 5.74) is 5.70. The highest BCUT2D eigenvalue weighted by atomic mass is 35.5. The van der Waals surface area contributed by atoms with Crippen molar-refractivity contribution < 1.29 is 19.4 Å². The van der Waals surface area contributed by atoms with E-state index in [-0.39, 0.29) is 6.42 Å². The van der Waals surface area contributed by atoms with Crippen LogP contribution < -0.4 is 9.47 Å². The number of rotatable bonds is 6. The van der Waals surface area contributed by atoms with Crippen LogP contribution in [0.2, 0.25) is 5.02 Å². The van der Waals surface area contributed by atoms with Gasteiger partial charge >= 0.3 is 5.97 Å². The molecule has 0 spiro atoms. The van der Waals surface area contributed by atoms with Crippen LogP contribution in [-0.4, -0.2) is 18.2 Å². The lowest BCUT2D eigenvalue weighted by molar-refractivity contribution is -0.135. The van der Waals surface area contributed by atoms with Gasteiger partial charge in [-0.15, -0.1) is 0 Å². The summed E-state index contributed by atoms with van der Waals surface area (Å²) in [5, 5.41) is 10.0. The van der Waals surface area contributed by atoms with Crippen LogP contribution in [0.25, 0.3) is 17.2 Å². The van der Waals surface area contributed by atoms with Gasteiger partial charge in [0.1, 0.15) is 17.2 Å². The Morgan fingerprint density at radius 3 is 2.39 bits per heavy atom. The zero-order valence-corrected chi connectivity index (χ0v) is 17.9. The van der Waals surface area contributed by atoms with Gasteiger partial charge in [0.25, 0.3) is 0 Å². The summed E-state index contributed by atoms with van der Waals surface area (Å²) in [4.78, 5) is 11.4. The molecule has 0 saturated heterocycles. The predicted octanol–water partition coefficient (Wildman–Crippen LogP) is 6.94. The Balaban J connectivity index is 1.66. The average Bonchev–Trinajstić information content (AvgIpc) is 3.00. The van der Waals surface area contributed by atoms with Crippen LogP contribution >= 0.6 is 11.6 Å². The zero-order chi connectivity index (χ0) is 22.0. The van der Waals surface area contributed by atoms with E-state index in [1.54, 1.807) is 19.2 Å². The van der Waals surface area contributed by atoms with Crippen molar-refractivity contribution in [3.8, 4) is 17.2 Å². The number of hydrogen-bond donors (Lipinski definition) is 1. The minimum absolute atomic E-state index is 0.0320. The SMILES string of the molecule is COc1ccc2c(c1)C(CC(=O)O)=C(C)/C2=C/c1ccc(Oc2cccc(Cl)c2)cc1. The molecule has 0 aromatic heterocycles. The quantitative estimate of drug-likeness (QED) is 0.458. The number of allylic oxidation sites excluding steroid dienone is 2. The molecule has 0 unspecified atom stereocenters. The second kappa shape index (κ2) is 8.70. The molecule has 1 aliphatic rings. The number of halogens is 1. The van der Waals surface area contributed by atoms with E-state index in [1.807, 2.05) is 61.5 Å². The number of carbonyl (C=O) groups is 1. The normalized spacial score (nSPS) is 14.0. The topological polar surface area (TPSA) is 55.8 Å². The second-order valence-corrected chi connectivity index (χ2v) is 7.71. The highest BCUT2D eigenvalue weighted by molar-refractivity contribution is 6.30. The maximum absolute atomic E-state index is 11.4. The number of fused-ring (bicyclic) bond motifs is 1. The number of carboxylic acid groups (broad SMARTS) is 1. The molecule has 0 bridgehead atoms. The zero-order valence-electron chi connectivity index (χ0n) is 17.2. The van der Waals surface area contributed by atoms with E-state index in [0.717, 1.165) is 33.4 Å². The number of ether oxygens (including phenoxy) is 2. The summed E-state index contributed by atoms with van der Waals surface area (Å²) >= 11 is 6.01. The van der Waals surface area contributed by atoms with Crippen molar-refractivity contribution in [2.45, 2.75) is 13.3 Å². The first-order valence-electron chi connectivity index (χ1n) is 9.80. The third-order valence-corrected chi connectivity index (χ3v) is 5.48. The third kappa shape index (κ3) is 4.49. The van der Waals surface area contributed by atoms with Gasteiger partial charge in [-0.05, 0) is 88.9 Å². The smallest absolute Gasteiger partial charge is 0.307 e. The molecule has 156 valence electrons. The highest BCUT2D eigenvalue weighted by Gasteiger charge is 2.25. The molecule has 5 heteroatoms. The Morgan fingerprint density at radius 1 is 0.968 bits per heavy atom. The van der Waals surface area contributed by atoms with Crippen molar-refractivity contribution in [3.63, 3.8) is 0 Å². The summed E-state index contributed by atoms with van der Waals surface area (Å²) in [6.07, 6.45) is 2.04. The van der Waals surface area contributed by atoms with Gasteiger partial charge in [0.15, 0.2) is 0 Å². The third-order valence-electron chi connectivity index (χ3n) is 5.25. The Hall–Kier alpha value is -3.50. The number of carboxylic acids is 1. The fourth-order valence-electron chi connectivity index (χ4n) is 3.73. The lowest BCUT2D eigenvalue weighted by atomic mass is 10.0. The largest absolute Gasteiger partial charge is 0.497 e. The van der Waals surface area contributed by atoms with E-state index in [0.29, 0.717) is 22.3 Å². The Bertz CT molecular complexity index is 1210. The summed E-state index contributed by atoms with van der Waals surface area (Å²) < 4.78 is 11.2. The van der Waals surface area contributed by atoms with Crippen LogP contribution in [0, 0.1) is 0 Å². The second-order valence-electron chi connectivity index (χ2n) is 7.27. The molecule has 0 radical (unpaired) electrons. The van der Waals surface area contributed by atoms with Crippen molar-refractivity contribution in [1.82, 2.24) is 0 Å². The molecule has 0 heterocycles. The monoisotopic (exact) mass is 432 g/mol. The molecular weight excluding hydrogens is 412 g/mol. The molecule has 3 aromatic rings. The molecule has 0 amide bonds. The molecule has 0 fully saturated rings. The highest BCUT2D eigenvalue weighted by Crippen LogP contribution is 2.44. The van der Waals surface area contributed by atoms with Gasteiger partial charge < -0.3 is 14.6 Å². The Kier molecular flexibility index (Phi) is 5.83. The minimum Gasteiger partial charge on any atom is -0.497 e. The first kappa shape index (κ1) is 20.8. The molecule has 31 heavy (non-hydrogen) atoms. The molecule has 0 saturated carbocycles. The van der Waals surface area contributed by atoms with E-state index in [2.05, 4.69) is 6.08 Å². The van der Waals surface area contributed by atoms with Gasteiger partial charge in [0.05, 0.1) is 13.5 Å². The standard InChI is InChI=1S/C26H21ClO4/c1-16-23(22-11-10-20(30-2)14-25(22)24(16)15-26(28)29)12-17-6-8-19(9-7-17)31-21-5-3-4-18(27)13-21/h3-14H,15H2,1-2H3,(H,28,29)/b23-12-. The van der Waals surface area contributed by atoms with Gasteiger partial charge in [0.2, 0.25) is 0 Å². The fraction of sp³-hybridized carbons (Fsp3) is 0.115. The molecular formula is C26H21ClO4. The minimum atomic E-state index is -0.855. The predicted molar refractivity (Wildman–Crippen MR) is 124 cm³/mol. The van der Waals surface area contributed by atoms with Crippen LogP contribution in [0.3, 0.4) is 0 Å². The average molecular weight is 433 g/mol. The van der Waals surface area contributed by atoms with Gasteiger partial charge in [-0.2, -0.15) is 0 Å². The van der Waals surface area contributed by atoms with E-state index in [9.17, 15) is 9.90 Å². The summed E-state index contributed by atoms with van der Waals surface area (Å²) in [6, 6.07) is 20.8. The van der Waals surface area contributed by atoms with Crippen LogP contribution in [0.15, 0.2) is 72.3 Å². The number of methoxy groups -OCH3 is 1. The first-order chi connectivity index (χ1) is 14.9. The van der Waals surface area contributed by atoms with Crippen LogP contribution in [0.4, 0.5) is 0 Å². The van der Waals surface area contributed by atoms with Crippen LogP contribution in [0.1, 0.15) is 30.0 Å². The van der Waals surface area contributed by atoms with Gasteiger partial charge in [-0.25, -0.2) is 0 Å². The van der Waals surface area contributed by atoms with Crippen molar-refractivity contribution in [1.29, 1.82) is 0 Å². The summed E-state index contributed by atoms with van der Waals surface area (Å²) in [7, 11) is 1.61. The van der Waals surface area contributed by atoms with Crippen molar-refractivity contribution >= 4 is 34.8 Å². The molecule has 0 atom stereocenters. The number of hydrogen-bond acceptors (Lipinski definition) is 3. The van der Waals surface area contributed by atoms with Gasteiger partial charge in [0, 0.05) is 5.02 Å². The molecule has 0 aliphatic heterocycles. The lowest BCUT2D eigenvalue weighted by Crippen LogP contribution is -1.97. The summed E-state index contributed by atoms with van der Waals surface area (Å²) in [6.45, 7) is 1.97. The van der Waals surface area contributed by atoms with Crippen LogP contribution in [-0.2, 0) is 4.79 Å². The van der Waals surface area contributed by atoms with E-state index >= 15 is 0 Å². The molecule has 1 N–H and O–H groups in total. The molecule has 4 nitrogen and oxygen atoms in total. The number of aliphatic carboxylic acids is 1. The van der Waals surface area contributed by atoms with E-state index < -0.39 is 5.97 Å². The van der Waals surface area contributed by atoms with Gasteiger partial charge in [-0.1, -0.05) is 35.9 Å². The Labute approximate surface area is 186 Å². The maximum atomic E-state index is 11.4. The van der Waals surface area contributed by atoms with Crippen molar-refractivity contribution in [2.75, 3.05) is 7.11 Å². The fourth-order valence-corrected chi connectivity index (χ4v) is 3.91. The lowest BCUT2D eigenvalue weighted by Gasteiger charge is -2.08. The Morgan fingerprint density at radius 2 is 1.71 bits per heavy atom. The van der Waals surface area contributed by atoms with Crippen LogP contribution in [0.5, 0.6) is 17.2 Å². The van der Waals surface area contributed by atoms with E-state index in [4.69, 9.17) is 21.1 Å². The number of benzene rings is 3. The van der Waals surface area contributed by atoms with Crippen molar-refractivity contribution in [2.24, 2.45) is 0 Å². The van der Waals surface area contributed by atoms with Crippen molar-refractivity contribution in [3.05, 3.63) is 94.0 Å².